The van der Waals surface area contributed by atoms with E-state index in [4.69, 9.17) is 4.98 Å². The molecular weight excluding hydrogens is 476 g/mol. The molecule has 0 unspecified atom stereocenters. The first kappa shape index (κ1) is 24.4. The number of pyridine rings is 1. The molecule has 0 radical (unpaired) electrons. The van der Waals surface area contributed by atoms with Crippen molar-refractivity contribution in [3.63, 3.8) is 0 Å². The highest BCUT2D eigenvalue weighted by Gasteiger charge is 2.17. The van der Waals surface area contributed by atoms with E-state index in [2.05, 4.69) is 125 Å². The minimum absolute atomic E-state index is 0.694. The largest absolute Gasteiger partial charge is 0.302 e. The first-order chi connectivity index (χ1) is 19.2. The summed E-state index contributed by atoms with van der Waals surface area (Å²) in [5.74, 6) is 1.89. The third kappa shape index (κ3) is 5.10. The lowest BCUT2D eigenvalue weighted by atomic mass is 10.1. The molecule has 0 bridgehead atoms. The normalized spacial score (nSPS) is 10.9. The number of hydrogen-bond donors (Lipinski definition) is 0. The predicted molar refractivity (Wildman–Crippen MR) is 160 cm³/mol. The van der Waals surface area contributed by atoms with Gasteiger partial charge in [-0.1, -0.05) is 84.9 Å². The Morgan fingerprint density at radius 1 is 0.667 bits per heavy atom. The number of aromatic nitrogens is 3. The lowest BCUT2D eigenvalue weighted by Gasteiger charge is -2.24. The van der Waals surface area contributed by atoms with Gasteiger partial charge >= 0.3 is 0 Å². The van der Waals surface area contributed by atoms with E-state index in [0.29, 0.717) is 6.42 Å². The van der Waals surface area contributed by atoms with Crippen LogP contribution < -0.4 is 4.90 Å². The lowest BCUT2D eigenvalue weighted by Crippen LogP contribution is -2.11. The fraction of sp³-hybridized carbons (Fsp3) is 0.0857. The Morgan fingerprint density at radius 3 is 2.05 bits per heavy atom. The molecule has 0 aliphatic carbocycles. The van der Waals surface area contributed by atoms with Crippen LogP contribution in [0.1, 0.15) is 22.5 Å². The third-order valence-corrected chi connectivity index (χ3v) is 6.95. The number of nitrogens with zero attached hydrogens (tertiary/aromatic N) is 4. The van der Waals surface area contributed by atoms with Crippen LogP contribution in [0.5, 0.6) is 0 Å². The fourth-order valence-corrected chi connectivity index (χ4v) is 5.14. The summed E-state index contributed by atoms with van der Waals surface area (Å²) < 4.78 is 2.27. The number of aryl methyl sites for hydroxylation is 2. The van der Waals surface area contributed by atoms with Crippen molar-refractivity contribution >= 4 is 17.2 Å². The van der Waals surface area contributed by atoms with Gasteiger partial charge in [0.25, 0.3) is 0 Å². The minimum atomic E-state index is 0.694. The van der Waals surface area contributed by atoms with Crippen molar-refractivity contribution in [2.24, 2.45) is 0 Å². The molecule has 0 aliphatic heterocycles. The highest BCUT2D eigenvalue weighted by molar-refractivity contribution is 5.74. The Labute approximate surface area is 229 Å². The molecule has 0 fully saturated rings. The Kier molecular flexibility index (Phi) is 6.75. The number of anilines is 3. The summed E-state index contributed by atoms with van der Waals surface area (Å²) in [6.07, 6.45) is 4.70. The van der Waals surface area contributed by atoms with Crippen molar-refractivity contribution in [2.75, 3.05) is 4.90 Å². The summed E-state index contributed by atoms with van der Waals surface area (Å²) in [6, 6.07) is 41.9. The van der Waals surface area contributed by atoms with Crippen molar-refractivity contribution < 1.29 is 0 Å². The Balaban J connectivity index is 1.44. The standard InChI is InChI=1S/C35H30N4/c1-26-13-11-14-27(2)35(26)38-25-32(29-16-5-3-6-17-29)37-34(38)24-28-15-12-20-31(23-28)39(30-18-7-4-8-19-30)33-21-9-10-22-36-33/h3-23,25H,24H2,1-2H3. The van der Waals surface area contributed by atoms with Crippen molar-refractivity contribution in [1.82, 2.24) is 14.5 Å². The summed E-state index contributed by atoms with van der Waals surface area (Å²) in [5.41, 5.74) is 9.05. The van der Waals surface area contributed by atoms with Crippen LogP contribution in [0.4, 0.5) is 17.2 Å². The molecule has 0 saturated heterocycles. The van der Waals surface area contributed by atoms with Gasteiger partial charge in [-0.15, -0.1) is 0 Å². The van der Waals surface area contributed by atoms with Gasteiger partial charge in [0.15, 0.2) is 0 Å². The molecule has 4 nitrogen and oxygen atoms in total. The molecule has 0 atom stereocenters. The van der Waals surface area contributed by atoms with E-state index in [9.17, 15) is 0 Å². The summed E-state index contributed by atoms with van der Waals surface area (Å²) >= 11 is 0. The van der Waals surface area contributed by atoms with Crippen molar-refractivity contribution in [1.29, 1.82) is 0 Å². The molecule has 39 heavy (non-hydrogen) atoms. The van der Waals surface area contributed by atoms with Gasteiger partial charge in [-0.2, -0.15) is 0 Å². The number of benzene rings is 4. The second-order valence-electron chi connectivity index (χ2n) is 9.72. The van der Waals surface area contributed by atoms with Crippen LogP contribution in [0.3, 0.4) is 0 Å². The fourth-order valence-electron chi connectivity index (χ4n) is 5.14. The first-order valence-corrected chi connectivity index (χ1v) is 13.2. The molecule has 2 aromatic heterocycles. The summed E-state index contributed by atoms with van der Waals surface area (Å²) in [5, 5.41) is 0. The van der Waals surface area contributed by atoms with Crippen LogP contribution in [-0.4, -0.2) is 14.5 Å². The van der Waals surface area contributed by atoms with E-state index >= 15 is 0 Å². The average molecular weight is 507 g/mol. The summed E-state index contributed by atoms with van der Waals surface area (Å²) in [6.45, 7) is 4.33. The number of hydrogen-bond acceptors (Lipinski definition) is 3. The van der Waals surface area contributed by atoms with Crippen molar-refractivity contribution in [3.05, 3.63) is 156 Å². The van der Waals surface area contributed by atoms with Crippen molar-refractivity contribution in [2.45, 2.75) is 20.3 Å². The molecule has 0 aliphatic rings. The molecule has 4 heteroatoms. The number of rotatable bonds is 7. The van der Waals surface area contributed by atoms with E-state index in [1.54, 1.807) is 0 Å². The van der Waals surface area contributed by atoms with Crippen LogP contribution in [0.25, 0.3) is 16.9 Å². The SMILES string of the molecule is Cc1cccc(C)c1-n1cc(-c2ccccc2)nc1Cc1cccc(N(c2ccccc2)c2ccccn2)c1. The summed E-state index contributed by atoms with van der Waals surface area (Å²) in [4.78, 5) is 12.0. The molecule has 0 spiro atoms. The minimum Gasteiger partial charge on any atom is -0.302 e. The topological polar surface area (TPSA) is 34.0 Å². The van der Waals surface area contributed by atoms with E-state index in [0.717, 1.165) is 34.3 Å². The predicted octanol–water partition coefficient (Wildman–Crippen LogP) is 8.61. The maximum absolute atomic E-state index is 5.16. The highest BCUT2D eigenvalue weighted by atomic mass is 15.2. The molecule has 190 valence electrons. The highest BCUT2D eigenvalue weighted by Crippen LogP contribution is 2.34. The van der Waals surface area contributed by atoms with E-state index in [1.807, 2.05) is 36.5 Å². The number of para-hydroxylation sites is 2. The van der Waals surface area contributed by atoms with Crippen molar-refractivity contribution in [3.8, 4) is 16.9 Å². The maximum Gasteiger partial charge on any atom is 0.137 e. The van der Waals surface area contributed by atoms with Crippen LogP contribution in [-0.2, 0) is 6.42 Å². The van der Waals surface area contributed by atoms with Crippen LogP contribution in [0, 0.1) is 13.8 Å². The van der Waals surface area contributed by atoms with Gasteiger partial charge < -0.3 is 4.57 Å². The monoisotopic (exact) mass is 506 g/mol. The molecule has 0 saturated carbocycles. The quantitative estimate of drug-likeness (QED) is 0.217. The molecule has 4 aromatic carbocycles. The smallest absolute Gasteiger partial charge is 0.137 e. The second-order valence-corrected chi connectivity index (χ2v) is 9.72. The zero-order valence-electron chi connectivity index (χ0n) is 22.2. The van der Waals surface area contributed by atoms with E-state index < -0.39 is 0 Å². The maximum atomic E-state index is 5.16. The molecule has 6 aromatic rings. The second kappa shape index (κ2) is 10.8. The Hall–Kier alpha value is -4.96. The van der Waals surface area contributed by atoms with Gasteiger partial charge in [0.05, 0.1) is 11.4 Å². The molecule has 0 N–H and O–H groups in total. The third-order valence-electron chi connectivity index (χ3n) is 6.95. The van der Waals surface area contributed by atoms with Crippen LogP contribution in [0.2, 0.25) is 0 Å². The average Bonchev–Trinajstić information content (AvgIpc) is 3.38. The lowest BCUT2D eigenvalue weighted by molar-refractivity contribution is 0.900. The van der Waals surface area contributed by atoms with E-state index in [-0.39, 0.29) is 0 Å². The van der Waals surface area contributed by atoms with Crippen LogP contribution >= 0.6 is 0 Å². The van der Waals surface area contributed by atoms with Gasteiger partial charge in [0.1, 0.15) is 11.6 Å². The molecule has 0 amide bonds. The zero-order valence-corrected chi connectivity index (χ0v) is 22.2. The van der Waals surface area contributed by atoms with Gasteiger partial charge in [0, 0.05) is 35.8 Å². The number of imidazole rings is 1. The molecule has 2 heterocycles. The Bertz CT molecular complexity index is 1630. The van der Waals surface area contributed by atoms with Gasteiger partial charge in [-0.3, -0.25) is 4.90 Å². The Morgan fingerprint density at radius 2 is 1.33 bits per heavy atom. The molecular formula is C35H30N4. The zero-order chi connectivity index (χ0) is 26.6. The van der Waals surface area contributed by atoms with E-state index in [1.165, 1.54) is 22.4 Å². The van der Waals surface area contributed by atoms with Gasteiger partial charge in [-0.25, -0.2) is 9.97 Å². The molecule has 6 rings (SSSR count). The summed E-state index contributed by atoms with van der Waals surface area (Å²) in [7, 11) is 0. The van der Waals surface area contributed by atoms with Gasteiger partial charge in [-0.05, 0) is 66.9 Å². The van der Waals surface area contributed by atoms with Crippen LogP contribution in [0.15, 0.2) is 134 Å². The van der Waals surface area contributed by atoms with Gasteiger partial charge in [0.2, 0.25) is 0 Å². The first-order valence-electron chi connectivity index (χ1n) is 13.2.